The lowest BCUT2D eigenvalue weighted by atomic mass is 9.96. The molecule has 0 unspecified atom stereocenters. The van der Waals surface area contributed by atoms with E-state index < -0.39 is 0 Å². The second-order valence-corrected chi connectivity index (χ2v) is 3.03. The largest absolute Gasteiger partial charge is 0.472 e. The number of hydrogen-bond acceptors (Lipinski definition) is 4. The van der Waals surface area contributed by atoms with Crippen LogP contribution in [0.2, 0.25) is 0 Å². The van der Waals surface area contributed by atoms with Crippen molar-refractivity contribution in [3.05, 3.63) is 17.8 Å². The van der Waals surface area contributed by atoms with Crippen molar-refractivity contribution < 1.29 is 4.74 Å². The van der Waals surface area contributed by atoms with Gasteiger partial charge in [-0.3, -0.25) is 0 Å². The predicted molar refractivity (Wildman–Crippen MR) is 45.0 cm³/mol. The van der Waals surface area contributed by atoms with Gasteiger partial charge in [0.2, 0.25) is 0 Å². The molecule has 1 aromatic heterocycles. The normalized spacial score (nSPS) is 15.9. The van der Waals surface area contributed by atoms with Gasteiger partial charge in [-0.2, -0.15) is 10.4 Å². The maximum Gasteiger partial charge on any atom is 0.251 e. The third-order valence-corrected chi connectivity index (χ3v) is 2.14. The highest BCUT2D eigenvalue weighted by Gasteiger charge is 2.20. The fourth-order valence-electron chi connectivity index (χ4n) is 1.14. The van der Waals surface area contributed by atoms with Crippen molar-refractivity contribution in [1.29, 1.82) is 5.26 Å². The molecule has 0 amide bonds. The van der Waals surface area contributed by atoms with Crippen LogP contribution >= 0.6 is 0 Å². The lowest BCUT2D eigenvalue weighted by Crippen LogP contribution is -2.25. The van der Waals surface area contributed by atoms with Gasteiger partial charge in [0.05, 0.1) is 6.20 Å². The first kappa shape index (κ1) is 7.99. The maximum atomic E-state index is 8.72. The molecule has 66 valence electrons. The van der Waals surface area contributed by atoms with Crippen LogP contribution in [0, 0.1) is 11.3 Å². The molecule has 1 aromatic rings. The molecular formula is C9H9N3O. The molecule has 1 aliphatic rings. The highest BCUT2D eigenvalue weighted by molar-refractivity contribution is 5.35. The summed E-state index contributed by atoms with van der Waals surface area (Å²) in [7, 11) is 0. The highest BCUT2D eigenvalue weighted by Crippen LogP contribution is 2.24. The SMILES string of the molecule is N#Cc1ccnnc1OC1CCC1. The van der Waals surface area contributed by atoms with Crippen molar-refractivity contribution >= 4 is 0 Å². The fraction of sp³-hybridized carbons (Fsp3) is 0.444. The summed E-state index contributed by atoms with van der Waals surface area (Å²) in [5, 5.41) is 16.2. The van der Waals surface area contributed by atoms with E-state index in [-0.39, 0.29) is 6.10 Å². The molecule has 1 saturated carbocycles. The van der Waals surface area contributed by atoms with Crippen LogP contribution in [0.15, 0.2) is 12.3 Å². The average Bonchev–Trinajstić information content (AvgIpc) is 2.12. The van der Waals surface area contributed by atoms with Crippen LogP contribution in [0.5, 0.6) is 5.88 Å². The third-order valence-electron chi connectivity index (χ3n) is 2.14. The summed E-state index contributed by atoms with van der Waals surface area (Å²) in [4.78, 5) is 0. The molecule has 1 fully saturated rings. The molecule has 0 aromatic carbocycles. The van der Waals surface area contributed by atoms with E-state index in [1.165, 1.54) is 12.6 Å². The Balaban J connectivity index is 2.14. The van der Waals surface area contributed by atoms with Crippen molar-refractivity contribution in [2.75, 3.05) is 0 Å². The first-order chi connectivity index (χ1) is 6.40. The Morgan fingerprint density at radius 1 is 1.54 bits per heavy atom. The first-order valence-electron chi connectivity index (χ1n) is 4.28. The molecule has 0 saturated heterocycles. The zero-order chi connectivity index (χ0) is 9.10. The summed E-state index contributed by atoms with van der Waals surface area (Å²) in [5.74, 6) is 0.370. The van der Waals surface area contributed by atoms with E-state index in [4.69, 9.17) is 10.00 Å². The van der Waals surface area contributed by atoms with E-state index >= 15 is 0 Å². The van der Waals surface area contributed by atoms with E-state index in [1.54, 1.807) is 6.07 Å². The zero-order valence-corrected chi connectivity index (χ0v) is 7.10. The lowest BCUT2D eigenvalue weighted by Gasteiger charge is -2.25. The Bertz CT molecular complexity index is 341. The molecule has 0 spiro atoms. The Morgan fingerprint density at radius 2 is 2.38 bits per heavy atom. The topological polar surface area (TPSA) is 58.8 Å². The summed E-state index contributed by atoms with van der Waals surface area (Å²) in [6.07, 6.45) is 5.05. The van der Waals surface area contributed by atoms with Gasteiger partial charge in [0, 0.05) is 0 Å². The smallest absolute Gasteiger partial charge is 0.251 e. The van der Waals surface area contributed by atoms with Crippen LogP contribution in [0.25, 0.3) is 0 Å². The van der Waals surface area contributed by atoms with Crippen molar-refractivity contribution in [1.82, 2.24) is 10.2 Å². The summed E-state index contributed by atoms with van der Waals surface area (Å²) >= 11 is 0. The van der Waals surface area contributed by atoms with Crippen molar-refractivity contribution in [2.24, 2.45) is 0 Å². The molecule has 0 radical (unpaired) electrons. The van der Waals surface area contributed by atoms with E-state index in [1.807, 2.05) is 6.07 Å². The molecule has 0 N–H and O–H groups in total. The van der Waals surface area contributed by atoms with E-state index in [9.17, 15) is 0 Å². The van der Waals surface area contributed by atoms with E-state index in [0.717, 1.165) is 12.8 Å². The molecule has 0 aliphatic heterocycles. The number of rotatable bonds is 2. The minimum Gasteiger partial charge on any atom is -0.472 e. The van der Waals surface area contributed by atoms with Crippen LogP contribution in [0.3, 0.4) is 0 Å². The molecule has 13 heavy (non-hydrogen) atoms. The van der Waals surface area contributed by atoms with Gasteiger partial charge in [-0.1, -0.05) is 0 Å². The van der Waals surface area contributed by atoms with Crippen molar-refractivity contribution in [2.45, 2.75) is 25.4 Å². The predicted octanol–water partition coefficient (Wildman–Crippen LogP) is 1.28. The quantitative estimate of drug-likeness (QED) is 0.679. The Kier molecular flexibility index (Phi) is 2.09. The Morgan fingerprint density at radius 3 is 3.00 bits per heavy atom. The maximum absolute atomic E-state index is 8.72. The highest BCUT2D eigenvalue weighted by atomic mass is 16.5. The standard InChI is InChI=1S/C9H9N3O/c10-6-7-4-5-11-12-9(7)13-8-2-1-3-8/h4-5,8H,1-3H2. The number of nitriles is 1. The van der Waals surface area contributed by atoms with E-state index in [0.29, 0.717) is 11.4 Å². The molecular weight excluding hydrogens is 166 g/mol. The molecule has 4 heteroatoms. The van der Waals surface area contributed by atoms with Crippen LogP contribution in [-0.2, 0) is 0 Å². The Labute approximate surface area is 76.2 Å². The number of hydrogen-bond donors (Lipinski definition) is 0. The molecule has 0 atom stereocenters. The van der Waals surface area contributed by atoms with E-state index in [2.05, 4.69) is 10.2 Å². The summed E-state index contributed by atoms with van der Waals surface area (Å²) < 4.78 is 5.48. The second kappa shape index (κ2) is 3.40. The molecule has 4 nitrogen and oxygen atoms in total. The van der Waals surface area contributed by atoms with Crippen LogP contribution in [-0.4, -0.2) is 16.3 Å². The second-order valence-electron chi connectivity index (χ2n) is 3.03. The monoisotopic (exact) mass is 175 g/mol. The van der Waals surface area contributed by atoms with Gasteiger partial charge in [0.1, 0.15) is 17.7 Å². The van der Waals surface area contributed by atoms with Crippen molar-refractivity contribution in [3.8, 4) is 11.9 Å². The molecule has 0 bridgehead atoms. The minimum atomic E-state index is 0.240. The minimum absolute atomic E-state index is 0.240. The summed E-state index contributed by atoms with van der Waals surface area (Å²) in [5.41, 5.74) is 0.460. The first-order valence-corrected chi connectivity index (χ1v) is 4.28. The summed E-state index contributed by atoms with van der Waals surface area (Å²) in [6, 6.07) is 3.63. The molecule has 2 rings (SSSR count). The van der Waals surface area contributed by atoms with Crippen molar-refractivity contribution in [3.63, 3.8) is 0 Å². The molecule has 1 aliphatic carbocycles. The van der Waals surface area contributed by atoms with Gasteiger partial charge in [0.25, 0.3) is 5.88 Å². The van der Waals surface area contributed by atoms with Crippen LogP contribution in [0.1, 0.15) is 24.8 Å². The lowest BCUT2D eigenvalue weighted by molar-refractivity contribution is 0.113. The van der Waals surface area contributed by atoms with Gasteiger partial charge < -0.3 is 4.74 Å². The molecule has 1 heterocycles. The van der Waals surface area contributed by atoms with Gasteiger partial charge >= 0.3 is 0 Å². The number of nitrogens with zero attached hydrogens (tertiary/aromatic N) is 3. The van der Waals surface area contributed by atoms with Crippen LogP contribution < -0.4 is 4.74 Å². The third kappa shape index (κ3) is 1.59. The average molecular weight is 175 g/mol. The summed E-state index contributed by atoms with van der Waals surface area (Å²) in [6.45, 7) is 0. The Hall–Kier alpha value is -1.63. The van der Waals surface area contributed by atoms with Gasteiger partial charge in [-0.05, 0) is 25.3 Å². The fourth-order valence-corrected chi connectivity index (χ4v) is 1.14. The van der Waals surface area contributed by atoms with Gasteiger partial charge in [0.15, 0.2) is 0 Å². The zero-order valence-electron chi connectivity index (χ0n) is 7.10. The van der Waals surface area contributed by atoms with Crippen LogP contribution in [0.4, 0.5) is 0 Å². The number of aromatic nitrogens is 2. The van der Waals surface area contributed by atoms with Gasteiger partial charge in [-0.25, -0.2) is 0 Å². The number of ether oxygens (including phenoxy) is 1. The van der Waals surface area contributed by atoms with Gasteiger partial charge in [-0.15, -0.1) is 5.10 Å².